The summed E-state index contributed by atoms with van der Waals surface area (Å²) >= 11 is 0. The molecule has 1 aromatic heterocycles. The van der Waals surface area contributed by atoms with Gasteiger partial charge in [0.1, 0.15) is 5.82 Å². The lowest BCUT2D eigenvalue weighted by Crippen LogP contribution is -2.51. The van der Waals surface area contributed by atoms with E-state index in [1.54, 1.807) is 12.1 Å². The number of aryl methyl sites for hydroxylation is 1. The van der Waals surface area contributed by atoms with Crippen molar-refractivity contribution in [2.24, 2.45) is 0 Å². The number of alkyl halides is 3. The number of hydrogen-bond donors (Lipinski definition) is 1. The normalized spacial score (nSPS) is 16.6. The van der Waals surface area contributed by atoms with Crippen LogP contribution < -0.4 is 9.80 Å². The standard InChI is InChI=1S/C27H27F3N4O3/c1-17-5-6-19(24(36)12-18-3-2-4-20(11-18)27(28,29)30)13-22(17)23-14-25(33-7-9-37-10-8-33)32-26(31-23)34-15-21(35)16-34/h2-6,11,13-14,21,35H,7-10,12,15-16H2,1H3. The van der Waals surface area contributed by atoms with Gasteiger partial charge < -0.3 is 19.6 Å². The van der Waals surface area contributed by atoms with Crippen LogP contribution in [0.4, 0.5) is 24.9 Å². The molecule has 3 aromatic rings. The van der Waals surface area contributed by atoms with E-state index in [-0.39, 0.29) is 12.2 Å². The fourth-order valence-corrected chi connectivity index (χ4v) is 4.49. The molecule has 2 fully saturated rings. The van der Waals surface area contributed by atoms with E-state index in [1.807, 2.05) is 24.0 Å². The van der Waals surface area contributed by atoms with E-state index in [1.165, 1.54) is 12.1 Å². The van der Waals surface area contributed by atoms with Crippen molar-refractivity contribution in [1.29, 1.82) is 0 Å². The van der Waals surface area contributed by atoms with Crippen molar-refractivity contribution in [3.8, 4) is 11.3 Å². The molecule has 0 atom stereocenters. The Morgan fingerprint density at radius 3 is 2.51 bits per heavy atom. The zero-order chi connectivity index (χ0) is 26.2. The number of hydrogen-bond acceptors (Lipinski definition) is 7. The molecule has 5 rings (SSSR count). The maximum absolute atomic E-state index is 13.1. The Labute approximate surface area is 212 Å². The molecule has 10 heteroatoms. The zero-order valence-electron chi connectivity index (χ0n) is 20.3. The van der Waals surface area contributed by atoms with Crippen LogP contribution in [0.1, 0.15) is 27.0 Å². The quantitative estimate of drug-likeness (QED) is 0.502. The molecule has 2 aromatic carbocycles. The van der Waals surface area contributed by atoms with Gasteiger partial charge in [0, 0.05) is 49.8 Å². The number of rotatable bonds is 6. The maximum Gasteiger partial charge on any atom is 0.416 e. The fourth-order valence-electron chi connectivity index (χ4n) is 4.49. The first-order chi connectivity index (χ1) is 17.7. The lowest BCUT2D eigenvalue weighted by Gasteiger charge is -2.37. The van der Waals surface area contributed by atoms with Crippen molar-refractivity contribution < 1.29 is 27.8 Å². The molecule has 3 heterocycles. The van der Waals surface area contributed by atoms with Gasteiger partial charge in [-0.1, -0.05) is 30.3 Å². The van der Waals surface area contributed by atoms with Crippen LogP contribution in [0.15, 0.2) is 48.5 Å². The number of aliphatic hydroxyl groups excluding tert-OH is 1. The van der Waals surface area contributed by atoms with Crippen LogP contribution in [-0.2, 0) is 17.3 Å². The van der Waals surface area contributed by atoms with Crippen molar-refractivity contribution in [2.75, 3.05) is 49.2 Å². The van der Waals surface area contributed by atoms with E-state index < -0.39 is 17.8 Å². The molecule has 2 saturated heterocycles. The van der Waals surface area contributed by atoms with Gasteiger partial charge in [-0.3, -0.25) is 4.79 Å². The third-order valence-corrected chi connectivity index (χ3v) is 6.64. The highest BCUT2D eigenvalue weighted by Gasteiger charge is 2.31. The number of ketones is 1. The van der Waals surface area contributed by atoms with E-state index in [0.717, 1.165) is 29.1 Å². The lowest BCUT2D eigenvalue weighted by atomic mass is 9.96. The van der Waals surface area contributed by atoms with Crippen LogP contribution in [0.5, 0.6) is 0 Å². The number of benzene rings is 2. The first kappa shape index (κ1) is 25.2. The number of carbonyl (C=O) groups is 1. The van der Waals surface area contributed by atoms with Crippen molar-refractivity contribution in [2.45, 2.75) is 25.6 Å². The second kappa shape index (κ2) is 10.1. The topological polar surface area (TPSA) is 78.8 Å². The van der Waals surface area contributed by atoms with Crippen molar-refractivity contribution in [3.63, 3.8) is 0 Å². The summed E-state index contributed by atoms with van der Waals surface area (Å²) in [5, 5.41) is 9.78. The molecule has 0 saturated carbocycles. The summed E-state index contributed by atoms with van der Waals surface area (Å²) in [6.45, 7) is 5.37. The number of aromatic nitrogens is 2. The molecule has 0 amide bonds. The summed E-state index contributed by atoms with van der Waals surface area (Å²) in [5.74, 6) is 0.961. The van der Waals surface area contributed by atoms with Crippen LogP contribution in [0.3, 0.4) is 0 Å². The molecule has 0 bridgehead atoms. The Balaban J connectivity index is 1.46. The summed E-state index contributed by atoms with van der Waals surface area (Å²) in [4.78, 5) is 26.6. The Morgan fingerprint density at radius 1 is 1.05 bits per heavy atom. The molecule has 0 aliphatic carbocycles. The number of aliphatic hydroxyl groups is 1. The van der Waals surface area contributed by atoms with Gasteiger partial charge in [-0.25, -0.2) is 4.98 Å². The van der Waals surface area contributed by atoms with Gasteiger partial charge in [0.15, 0.2) is 5.78 Å². The maximum atomic E-state index is 13.1. The highest BCUT2D eigenvalue weighted by atomic mass is 19.4. The van der Waals surface area contributed by atoms with Crippen molar-refractivity contribution in [3.05, 3.63) is 70.8 Å². The predicted molar refractivity (Wildman–Crippen MR) is 133 cm³/mol. The van der Waals surface area contributed by atoms with E-state index in [9.17, 15) is 23.1 Å². The first-order valence-electron chi connectivity index (χ1n) is 12.1. The summed E-state index contributed by atoms with van der Waals surface area (Å²) in [7, 11) is 0. The number of morpholine rings is 1. The first-order valence-corrected chi connectivity index (χ1v) is 12.1. The van der Waals surface area contributed by atoms with Gasteiger partial charge >= 0.3 is 6.18 Å². The molecule has 194 valence electrons. The number of ether oxygens (including phenoxy) is 1. The van der Waals surface area contributed by atoms with E-state index in [2.05, 4.69) is 4.90 Å². The predicted octanol–water partition coefficient (Wildman–Crippen LogP) is 3.91. The number of anilines is 2. The summed E-state index contributed by atoms with van der Waals surface area (Å²) in [5.41, 5.74) is 2.20. The number of carbonyl (C=O) groups excluding carboxylic acids is 1. The summed E-state index contributed by atoms with van der Waals surface area (Å²) < 4.78 is 44.8. The summed E-state index contributed by atoms with van der Waals surface area (Å²) in [6, 6.07) is 12.0. The van der Waals surface area contributed by atoms with Crippen LogP contribution >= 0.6 is 0 Å². The van der Waals surface area contributed by atoms with Crippen LogP contribution in [0.25, 0.3) is 11.3 Å². The van der Waals surface area contributed by atoms with Gasteiger partial charge in [-0.2, -0.15) is 18.2 Å². The van der Waals surface area contributed by atoms with Crippen LogP contribution in [-0.4, -0.2) is 66.4 Å². The number of halogens is 3. The lowest BCUT2D eigenvalue weighted by molar-refractivity contribution is -0.137. The molecule has 0 spiro atoms. The Hall–Kier alpha value is -3.50. The molecular formula is C27H27F3N4O3. The Bertz CT molecular complexity index is 1300. The van der Waals surface area contributed by atoms with E-state index >= 15 is 0 Å². The molecule has 2 aliphatic rings. The average Bonchev–Trinajstić information content (AvgIpc) is 2.87. The monoisotopic (exact) mass is 512 g/mol. The van der Waals surface area contributed by atoms with Gasteiger partial charge in [0.2, 0.25) is 5.95 Å². The number of β-amino-alcohol motifs (C(OH)–C–C–N with tert-alkyl or cyclic N) is 1. The number of Topliss-reactive ketones (excluding diaryl/α,β-unsaturated/α-hetero) is 1. The minimum absolute atomic E-state index is 0.147. The fraction of sp³-hybridized carbons (Fsp3) is 0.370. The molecule has 2 aliphatic heterocycles. The second-order valence-corrected chi connectivity index (χ2v) is 9.40. The minimum Gasteiger partial charge on any atom is -0.389 e. The third kappa shape index (κ3) is 5.60. The van der Waals surface area contributed by atoms with Gasteiger partial charge in [-0.05, 0) is 30.2 Å². The summed E-state index contributed by atoms with van der Waals surface area (Å²) in [6.07, 6.45) is -5.03. The van der Waals surface area contributed by atoms with Crippen molar-refractivity contribution in [1.82, 2.24) is 9.97 Å². The highest BCUT2D eigenvalue weighted by molar-refractivity contribution is 5.98. The largest absolute Gasteiger partial charge is 0.416 e. The molecule has 1 N–H and O–H groups in total. The van der Waals surface area contributed by atoms with Crippen molar-refractivity contribution >= 4 is 17.5 Å². The third-order valence-electron chi connectivity index (χ3n) is 6.64. The molecular weight excluding hydrogens is 485 g/mol. The molecule has 37 heavy (non-hydrogen) atoms. The van der Waals surface area contributed by atoms with E-state index in [0.29, 0.717) is 62.2 Å². The smallest absolute Gasteiger partial charge is 0.389 e. The minimum atomic E-state index is -4.47. The van der Waals surface area contributed by atoms with E-state index in [4.69, 9.17) is 14.7 Å². The van der Waals surface area contributed by atoms with Crippen LogP contribution in [0.2, 0.25) is 0 Å². The number of nitrogens with zero attached hydrogens (tertiary/aromatic N) is 4. The SMILES string of the molecule is Cc1ccc(C(=O)Cc2cccc(C(F)(F)F)c2)cc1-c1cc(N2CCOCC2)nc(N2CC(O)C2)n1. The van der Waals surface area contributed by atoms with Gasteiger partial charge in [0.25, 0.3) is 0 Å². The zero-order valence-corrected chi connectivity index (χ0v) is 20.3. The second-order valence-electron chi connectivity index (χ2n) is 9.40. The molecule has 7 nitrogen and oxygen atoms in total. The Kier molecular flexibility index (Phi) is 6.87. The highest BCUT2D eigenvalue weighted by Crippen LogP contribution is 2.32. The van der Waals surface area contributed by atoms with Crippen LogP contribution in [0, 0.1) is 6.92 Å². The molecule has 0 unspecified atom stereocenters. The van der Waals surface area contributed by atoms with Gasteiger partial charge in [-0.15, -0.1) is 0 Å². The molecule has 0 radical (unpaired) electrons. The Morgan fingerprint density at radius 2 is 1.81 bits per heavy atom. The van der Waals surface area contributed by atoms with Gasteiger partial charge in [0.05, 0.1) is 30.6 Å². The average molecular weight is 513 g/mol.